The molecule has 0 aliphatic heterocycles. The van der Waals surface area contributed by atoms with Crippen molar-refractivity contribution in [3.05, 3.63) is 28.8 Å². The van der Waals surface area contributed by atoms with E-state index < -0.39 is 5.82 Å². The van der Waals surface area contributed by atoms with Crippen LogP contribution in [0.1, 0.15) is 24.5 Å². The topological polar surface area (TPSA) is 27.1 Å². The zero-order valence-electron chi connectivity index (χ0n) is 10.8. The lowest BCUT2D eigenvalue weighted by Crippen LogP contribution is -2.06. The Bertz CT molecular complexity index is 584. The van der Waals surface area contributed by atoms with Crippen molar-refractivity contribution in [2.45, 2.75) is 25.3 Å². The summed E-state index contributed by atoms with van der Waals surface area (Å²) < 4.78 is 20.5. The number of methoxy groups -OCH3 is 1. The number of ether oxygens (including phenoxy) is 1. The lowest BCUT2D eigenvalue weighted by atomic mass is 10.3. The molecule has 0 fully saturated rings. The molecular weight excluding hydrogens is 290 g/mol. The maximum Gasteiger partial charge on any atom is 0.144 e. The molecule has 0 radical (unpaired) electrons. The number of hydrogen-bond donors (Lipinski definition) is 0. The Labute approximate surface area is 121 Å². The number of alkyl halides is 1. The second kappa shape index (κ2) is 6.07. The minimum atomic E-state index is -0.468. The van der Waals surface area contributed by atoms with Gasteiger partial charge in [0, 0.05) is 26.3 Å². The maximum absolute atomic E-state index is 13.5. The number of halogens is 3. The molecule has 0 amide bonds. The third kappa shape index (κ3) is 3.02. The molecule has 1 aromatic carbocycles. The van der Waals surface area contributed by atoms with Crippen LogP contribution >= 0.6 is 23.2 Å². The van der Waals surface area contributed by atoms with Crippen LogP contribution in [0.5, 0.6) is 0 Å². The van der Waals surface area contributed by atoms with Crippen LogP contribution in [-0.2, 0) is 11.3 Å². The highest BCUT2D eigenvalue weighted by Crippen LogP contribution is 2.28. The molecule has 1 unspecified atom stereocenters. The van der Waals surface area contributed by atoms with Crippen molar-refractivity contribution in [2.75, 3.05) is 13.7 Å². The quantitative estimate of drug-likeness (QED) is 0.612. The van der Waals surface area contributed by atoms with Gasteiger partial charge in [0.2, 0.25) is 0 Å². The predicted octanol–water partition coefficient (Wildman–Crippen LogP) is 4.17. The van der Waals surface area contributed by atoms with Crippen LogP contribution in [0.15, 0.2) is 12.1 Å². The van der Waals surface area contributed by atoms with Crippen molar-refractivity contribution in [3.63, 3.8) is 0 Å². The van der Waals surface area contributed by atoms with Gasteiger partial charge in [0.25, 0.3) is 0 Å². The van der Waals surface area contributed by atoms with Crippen molar-refractivity contribution in [1.29, 1.82) is 0 Å². The Hall–Kier alpha value is -0.840. The lowest BCUT2D eigenvalue weighted by Gasteiger charge is -2.10. The van der Waals surface area contributed by atoms with Crippen LogP contribution in [0.25, 0.3) is 11.0 Å². The first-order valence-electron chi connectivity index (χ1n) is 6.02. The molecule has 104 valence electrons. The molecule has 1 heterocycles. The molecule has 6 heteroatoms. The molecule has 2 rings (SSSR count). The molecule has 0 bridgehead atoms. The van der Waals surface area contributed by atoms with Gasteiger partial charge in [-0.1, -0.05) is 11.6 Å². The summed E-state index contributed by atoms with van der Waals surface area (Å²) in [5.74, 6) is 0.249. The fourth-order valence-corrected chi connectivity index (χ4v) is 2.37. The summed E-state index contributed by atoms with van der Waals surface area (Å²) in [7, 11) is 1.66. The van der Waals surface area contributed by atoms with Crippen LogP contribution in [0.2, 0.25) is 5.02 Å². The molecule has 0 spiro atoms. The van der Waals surface area contributed by atoms with Gasteiger partial charge in [0.05, 0.1) is 21.4 Å². The van der Waals surface area contributed by atoms with Gasteiger partial charge in [0.15, 0.2) is 0 Å². The Morgan fingerprint density at radius 1 is 1.47 bits per heavy atom. The SMILES string of the molecule is COCCCn1c(C(C)Cl)nc2cc(F)c(Cl)cc21. The highest BCUT2D eigenvalue weighted by Gasteiger charge is 2.16. The van der Waals surface area contributed by atoms with Crippen molar-refractivity contribution >= 4 is 34.2 Å². The van der Waals surface area contributed by atoms with Gasteiger partial charge >= 0.3 is 0 Å². The fourth-order valence-electron chi connectivity index (χ4n) is 2.04. The van der Waals surface area contributed by atoms with Gasteiger partial charge < -0.3 is 9.30 Å². The van der Waals surface area contributed by atoms with Crippen LogP contribution in [0.4, 0.5) is 4.39 Å². The zero-order chi connectivity index (χ0) is 14.0. The summed E-state index contributed by atoms with van der Waals surface area (Å²) in [4.78, 5) is 4.38. The summed E-state index contributed by atoms with van der Waals surface area (Å²) in [6, 6.07) is 2.93. The Balaban J connectivity index is 2.49. The number of aryl methyl sites for hydroxylation is 1. The van der Waals surface area contributed by atoms with E-state index in [1.165, 1.54) is 6.07 Å². The smallest absolute Gasteiger partial charge is 0.144 e. The number of aromatic nitrogens is 2. The summed E-state index contributed by atoms with van der Waals surface area (Å²) in [6.45, 7) is 3.19. The number of rotatable bonds is 5. The number of imidazole rings is 1. The van der Waals surface area contributed by atoms with Crippen LogP contribution < -0.4 is 0 Å². The van der Waals surface area contributed by atoms with E-state index in [4.69, 9.17) is 27.9 Å². The molecule has 19 heavy (non-hydrogen) atoms. The van der Waals surface area contributed by atoms with Gasteiger partial charge in [0.1, 0.15) is 11.6 Å². The largest absolute Gasteiger partial charge is 0.385 e. The Kier molecular flexibility index (Phi) is 4.66. The first-order valence-corrected chi connectivity index (χ1v) is 6.84. The standard InChI is InChI=1S/C13H15Cl2FN2O/c1-8(14)13-17-11-7-10(16)9(15)6-12(11)18(13)4-3-5-19-2/h6-8H,3-5H2,1-2H3. The molecule has 0 aliphatic rings. The van der Waals surface area contributed by atoms with Gasteiger partial charge in [-0.15, -0.1) is 11.6 Å². The van der Waals surface area contributed by atoms with Crippen LogP contribution in [0, 0.1) is 5.82 Å². The van der Waals surface area contributed by atoms with E-state index >= 15 is 0 Å². The summed E-state index contributed by atoms with van der Waals surface area (Å²) in [5.41, 5.74) is 1.37. The van der Waals surface area contributed by atoms with Crippen molar-refractivity contribution in [3.8, 4) is 0 Å². The molecule has 3 nitrogen and oxygen atoms in total. The molecular formula is C13H15Cl2FN2O. The number of hydrogen-bond acceptors (Lipinski definition) is 2. The number of nitrogens with zero attached hydrogens (tertiary/aromatic N) is 2. The number of benzene rings is 1. The van der Waals surface area contributed by atoms with Gasteiger partial charge in [-0.05, 0) is 19.4 Å². The minimum Gasteiger partial charge on any atom is -0.385 e. The van der Waals surface area contributed by atoms with E-state index in [1.807, 2.05) is 11.5 Å². The minimum absolute atomic E-state index is 0.0918. The molecule has 2 aromatic rings. The molecule has 0 saturated heterocycles. The molecule has 0 saturated carbocycles. The summed E-state index contributed by atoms with van der Waals surface area (Å²) in [6.07, 6.45) is 0.827. The van der Waals surface area contributed by atoms with Crippen LogP contribution in [-0.4, -0.2) is 23.3 Å². The summed E-state index contributed by atoms with van der Waals surface area (Å²) in [5, 5.41) is -0.161. The zero-order valence-corrected chi connectivity index (χ0v) is 12.3. The Morgan fingerprint density at radius 2 is 2.21 bits per heavy atom. The molecule has 1 atom stereocenters. The van der Waals surface area contributed by atoms with E-state index in [1.54, 1.807) is 13.2 Å². The van der Waals surface area contributed by atoms with Gasteiger partial charge in [-0.25, -0.2) is 9.37 Å². The highest BCUT2D eigenvalue weighted by atomic mass is 35.5. The second-order valence-corrected chi connectivity index (χ2v) is 5.40. The van der Waals surface area contributed by atoms with Gasteiger partial charge in [-0.2, -0.15) is 0 Å². The monoisotopic (exact) mass is 304 g/mol. The molecule has 1 aromatic heterocycles. The number of fused-ring (bicyclic) bond motifs is 1. The first kappa shape index (κ1) is 14.6. The first-order chi connectivity index (χ1) is 9.04. The average molecular weight is 305 g/mol. The normalized spacial score (nSPS) is 13.1. The van der Waals surface area contributed by atoms with E-state index in [2.05, 4.69) is 4.98 Å². The van der Waals surface area contributed by atoms with E-state index in [9.17, 15) is 4.39 Å². The maximum atomic E-state index is 13.5. The second-order valence-electron chi connectivity index (χ2n) is 4.34. The fraction of sp³-hybridized carbons (Fsp3) is 0.462. The average Bonchev–Trinajstić information content (AvgIpc) is 2.69. The van der Waals surface area contributed by atoms with Crippen molar-refractivity contribution in [1.82, 2.24) is 9.55 Å². The van der Waals surface area contributed by atoms with Gasteiger partial charge in [-0.3, -0.25) is 0 Å². The molecule has 0 aliphatic carbocycles. The van der Waals surface area contributed by atoms with E-state index in [0.29, 0.717) is 18.7 Å². The Morgan fingerprint density at radius 3 is 2.84 bits per heavy atom. The third-order valence-electron chi connectivity index (χ3n) is 2.91. The van der Waals surface area contributed by atoms with E-state index in [0.717, 1.165) is 17.8 Å². The lowest BCUT2D eigenvalue weighted by molar-refractivity contribution is 0.190. The van der Waals surface area contributed by atoms with Crippen molar-refractivity contribution in [2.24, 2.45) is 0 Å². The predicted molar refractivity (Wildman–Crippen MR) is 75.5 cm³/mol. The third-order valence-corrected chi connectivity index (χ3v) is 3.39. The van der Waals surface area contributed by atoms with Crippen LogP contribution in [0.3, 0.4) is 0 Å². The van der Waals surface area contributed by atoms with Crippen molar-refractivity contribution < 1.29 is 9.13 Å². The highest BCUT2D eigenvalue weighted by molar-refractivity contribution is 6.31. The summed E-state index contributed by atoms with van der Waals surface area (Å²) >= 11 is 12.0. The van der Waals surface area contributed by atoms with E-state index in [-0.39, 0.29) is 10.4 Å². The molecule has 0 N–H and O–H groups in total.